The molecule has 6 aliphatic carbocycles. The average molecular weight is 1790 g/mol. The van der Waals surface area contributed by atoms with Gasteiger partial charge < -0.3 is 0 Å². The third-order valence-electron chi connectivity index (χ3n) is 25.8. The molecule has 0 radical (unpaired) electrons. The van der Waals surface area contributed by atoms with Crippen molar-refractivity contribution in [3.8, 4) is 33.4 Å². The number of rotatable bonds is 9. The first-order valence-corrected chi connectivity index (χ1v) is 52.8. The van der Waals surface area contributed by atoms with Crippen LogP contribution in [-0.4, -0.2) is 0 Å². The quantitative estimate of drug-likeness (QED) is 0.135. The number of fused-ring (bicyclic) bond motifs is 27. The van der Waals surface area contributed by atoms with E-state index < -0.39 is 0 Å². The summed E-state index contributed by atoms with van der Waals surface area (Å²) in [5.41, 5.74) is 54.5. The molecule has 0 atom stereocenters. The van der Waals surface area contributed by atoms with Crippen LogP contribution in [0.5, 0.6) is 0 Å². The van der Waals surface area contributed by atoms with Gasteiger partial charge in [0.15, 0.2) is 0 Å². The Bertz CT molecular complexity index is 6060. The zero-order valence-electron chi connectivity index (χ0n) is 89.8. The molecule has 0 heterocycles. The van der Waals surface area contributed by atoms with Crippen molar-refractivity contribution in [1.29, 1.82) is 0 Å². The van der Waals surface area contributed by atoms with Gasteiger partial charge in [-0.05, 0) is 283 Å². The molecule has 6 aliphatic rings. The standard InChI is InChI=1S/3C37H32.12C2H6/c1-4-27-13-9-15-31-35-30(22-26-20-24(2)19-25(3)21-26)14-10-18-34(35)37(36(27)31)32-16-7-5-11-28(32)23-29-12-6-8-17-33(29)37;1-4-28-12-9-15-35-36(28)31-22-26(21-27-19-24(2)18-25(3)20-27)16-17-34(31)37(35)32-13-7-5-10-29(32)23-30-11-6-8-14-33(30)37;1-4-26-13-15-35-31(21-26)32-22-27(20-28-18-24(2)17-25(3)19-28)14-16-36(32)37(35)33-11-7-5-9-29(33)23-30-10-6-8-12-34(30)37;12*1-2/h5-21H,4,22-23H2,1-3H3;5-20,22H,4,21,23H2,1-3H3;5-19,21-22H,4,20,23H2,1-3H3;12*1-2H3. The van der Waals surface area contributed by atoms with Gasteiger partial charge in [-0.2, -0.15) is 0 Å². The molecule has 0 nitrogen and oxygen atoms in total. The second-order valence-electron chi connectivity index (χ2n) is 33.0. The first-order chi connectivity index (χ1) is 66.3. The summed E-state index contributed by atoms with van der Waals surface area (Å²) in [5.74, 6) is 0. The Labute approximate surface area is 823 Å². The van der Waals surface area contributed by atoms with Crippen LogP contribution < -0.4 is 0 Å². The van der Waals surface area contributed by atoms with Crippen molar-refractivity contribution in [3.63, 3.8) is 0 Å². The van der Waals surface area contributed by atoms with E-state index in [1.807, 2.05) is 166 Å². The van der Waals surface area contributed by atoms with E-state index in [4.69, 9.17) is 0 Å². The molecule has 708 valence electrons. The van der Waals surface area contributed by atoms with E-state index in [2.05, 4.69) is 372 Å². The summed E-state index contributed by atoms with van der Waals surface area (Å²) < 4.78 is 0. The highest BCUT2D eigenvalue weighted by molar-refractivity contribution is 5.93. The largest absolute Gasteiger partial charge is 0.0721 e. The van der Waals surface area contributed by atoms with Crippen molar-refractivity contribution in [3.05, 3.63) is 493 Å². The number of hydrogen-bond acceptors (Lipinski definition) is 0. The molecule has 0 heteroatoms. The van der Waals surface area contributed by atoms with Crippen LogP contribution >= 0.6 is 0 Å². The summed E-state index contributed by atoms with van der Waals surface area (Å²) in [5, 5.41) is 0. The SMILES string of the molecule is CC.CC.CC.CC.CC.CC.CC.CC.CC.CC.CC.CC.CCc1ccc2c(c1)-c1cc(Cc3cc(C)cc(C)c3)ccc1C21c2ccccc2Cc2ccccc21.CCc1cccc2c1-c1cc(Cc3cc(C)cc(C)c3)ccc1C21c2ccccc2Cc2ccccc21.CCc1cccc2c1C1(c3ccccc3Cc3ccccc31)c1cccc(Cc3cc(C)cc(C)c3)c1-2. The molecule has 15 aromatic rings. The van der Waals surface area contributed by atoms with Crippen LogP contribution in [0, 0.1) is 41.5 Å². The minimum atomic E-state index is -0.277. The third kappa shape index (κ3) is 21.7. The Morgan fingerprint density at radius 1 is 0.178 bits per heavy atom. The summed E-state index contributed by atoms with van der Waals surface area (Å²) >= 11 is 0. The second kappa shape index (κ2) is 53.6. The van der Waals surface area contributed by atoms with Gasteiger partial charge in [0.25, 0.3) is 0 Å². The molecular weight excluding hydrogens is 1620 g/mol. The van der Waals surface area contributed by atoms with Gasteiger partial charge in [-0.1, -0.05) is 530 Å². The summed E-state index contributed by atoms with van der Waals surface area (Å²) in [7, 11) is 0. The van der Waals surface area contributed by atoms with E-state index in [0.717, 1.165) is 57.8 Å². The van der Waals surface area contributed by atoms with Crippen LogP contribution in [0.1, 0.15) is 371 Å². The molecule has 0 saturated heterocycles. The average Bonchev–Trinajstić information content (AvgIpc) is 1.53. The maximum Gasteiger partial charge on any atom is 0.0721 e. The zero-order valence-corrected chi connectivity index (χ0v) is 89.8. The molecule has 135 heavy (non-hydrogen) atoms. The van der Waals surface area contributed by atoms with Crippen molar-refractivity contribution in [2.75, 3.05) is 0 Å². The van der Waals surface area contributed by atoms with Gasteiger partial charge in [0.2, 0.25) is 0 Å². The molecular formula is C135H168. The highest BCUT2D eigenvalue weighted by Crippen LogP contribution is 2.64. The van der Waals surface area contributed by atoms with E-state index in [9.17, 15) is 0 Å². The smallest absolute Gasteiger partial charge is 0.0683 e. The highest BCUT2D eigenvalue weighted by atomic mass is 14.6. The lowest BCUT2D eigenvalue weighted by atomic mass is 9.60. The Hall–Kier alpha value is -11.7. The fourth-order valence-electron chi connectivity index (χ4n) is 21.9. The lowest BCUT2D eigenvalue weighted by Crippen LogP contribution is -2.35. The van der Waals surface area contributed by atoms with E-state index in [1.54, 1.807) is 0 Å². The summed E-state index contributed by atoms with van der Waals surface area (Å²) in [6, 6.07) is 119. The fraction of sp³-hybridized carbons (Fsp3) is 0.333. The van der Waals surface area contributed by atoms with Crippen molar-refractivity contribution in [1.82, 2.24) is 0 Å². The predicted octanol–water partition coefficient (Wildman–Crippen LogP) is 38.5. The first-order valence-electron chi connectivity index (χ1n) is 52.8. The van der Waals surface area contributed by atoms with Gasteiger partial charge in [0, 0.05) is 0 Å². The van der Waals surface area contributed by atoms with Crippen LogP contribution in [0.4, 0.5) is 0 Å². The molecule has 0 aliphatic heterocycles. The second-order valence-corrected chi connectivity index (χ2v) is 33.0. The molecule has 0 saturated carbocycles. The Morgan fingerprint density at radius 3 is 0.770 bits per heavy atom. The Balaban J connectivity index is 0.000000248. The van der Waals surface area contributed by atoms with Crippen molar-refractivity contribution >= 4 is 0 Å². The van der Waals surface area contributed by atoms with Crippen LogP contribution in [0.15, 0.2) is 309 Å². The van der Waals surface area contributed by atoms with Crippen molar-refractivity contribution < 1.29 is 0 Å². The van der Waals surface area contributed by atoms with Crippen LogP contribution in [0.2, 0.25) is 0 Å². The lowest BCUT2D eigenvalue weighted by Gasteiger charge is -2.41. The maximum atomic E-state index is 2.50. The molecule has 15 aromatic carbocycles. The number of aryl methyl sites for hydroxylation is 9. The lowest BCUT2D eigenvalue weighted by molar-refractivity contribution is 0.712. The molecule has 0 fully saturated rings. The monoisotopic (exact) mass is 1790 g/mol. The molecule has 0 amide bonds. The molecule has 0 N–H and O–H groups in total. The van der Waals surface area contributed by atoms with Crippen molar-refractivity contribution in [2.45, 2.75) is 303 Å². The van der Waals surface area contributed by atoms with Crippen LogP contribution in [-0.2, 0) is 74.0 Å². The van der Waals surface area contributed by atoms with Gasteiger partial charge >= 0.3 is 0 Å². The normalized spacial score (nSPS) is 12.2. The Morgan fingerprint density at radius 2 is 0.430 bits per heavy atom. The molecule has 0 aromatic heterocycles. The zero-order chi connectivity index (χ0) is 99.4. The number of hydrogen-bond donors (Lipinski definition) is 0. The van der Waals surface area contributed by atoms with E-state index in [0.29, 0.717) is 0 Å². The van der Waals surface area contributed by atoms with Crippen LogP contribution in [0.25, 0.3) is 33.4 Å². The summed E-state index contributed by atoms with van der Waals surface area (Å²) in [6.07, 6.45) is 8.95. The van der Waals surface area contributed by atoms with E-state index in [1.165, 1.54) is 217 Å². The van der Waals surface area contributed by atoms with Gasteiger partial charge in [0.1, 0.15) is 0 Å². The molecule has 0 unspecified atom stereocenters. The fourth-order valence-corrected chi connectivity index (χ4v) is 21.9. The molecule has 21 rings (SSSR count). The minimum absolute atomic E-state index is 0.263. The summed E-state index contributed by atoms with van der Waals surface area (Å²) in [6.45, 7) is 68.1. The maximum absolute atomic E-state index is 2.50. The number of benzene rings is 15. The van der Waals surface area contributed by atoms with Gasteiger partial charge in [-0.3, -0.25) is 0 Å². The van der Waals surface area contributed by atoms with E-state index >= 15 is 0 Å². The first kappa shape index (κ1) is 110. The van der Waals surface area contributed by atoms with Gasteiger partial charge in [-0.25, -0.2) is 0 Å². The highest BCUT2D eigenvalue weighted by Gasteiger charge is 2.54. The third-order valence-corrected chi connectivity index (χ3v) is 25.8. The van der Waals surface area contributed by atoms with Gasteiger partial charge in [0.05, 0.1) is 16.2 Å². The minimum Gasteiger partial charge on any atom is -0.0683 e. The Kier molecular flexibility index (Phi) is 43.8. The molecule has 3 spiro atoms. The summed E-state index contributed by atoms with van der Waals surface area (Å²) in [4.78, 5) is 0. The van der Waals surface area contributed by atoms with E-state index in [-0.39, 0.29) is 16.2 Å². The topological polar surface area (TPSA) is 0 Å². The van der Waals surface area contributed by atoms with Crippen molar-refractivity contribution in [2.24, 2.45) is 0 Å². The molecule has 0 bridgehead atoms. The predicted molar refractivity (Wildman–Crippen MR) is 600 cm³/mol. The van der Waals surface area contributed by atoms with Crippen LogP contribution in [0.3, 0.4) is 0 Å². The van der Waals surface area contributed by atoms with Gasteiger partial charge in [-0.15, -0.1) is 0 Å².